The zero-order chi connectivity index (χ0) is 14.9. The van der Waals surface area contributed by atoms with Gasteiger partial charge in [0.1, 0.15) is 0 Å². The number of halogens is 1. The number of rotatable bonds is 4. The van der Waals surface area contributed by atoms with Crippen LogP contribution in [0, 0.1) is 0 Å². The lowest BCUT2D eigenvalue weighted by Crippen LogP contribution is -2.00. The molecule has 0 fully saturated rings. The maximum atomic E-state index is 11.2. The minimum Gasteiger partial charge on any atom is -0.493 e. The number of carboxylic acids is 1. The fourth-order valence-corrected chi connectivity index (χ4v) is 3.20. The normalized spacial score (nSPS) is 10.3. The van der Waals surface area contributed by atoms with Gasteiger partial charge in [0.2, 0.25) is 0 Å². The van der Waals surface area contributed by atoms with Crippen molar-refractivity contribution < 1.29 is 19.4 Å². The molecule has 1 aromatic carbocycles. The number of aromatic nitrogens is 1. The van der Waals surface area contributed by atoms with Crippen LogP contribution in [-0.2, 0) is 0 Å². The first kappa shape index (κ1) is 14.6. The molecular weight excluding hydrogens is 348 g/mol. The summed E-state index contributed by atoms with van der Waals surface area (Å²) in [4.78, 5) is 15.5. The van der Waals surface area contributed by atoms with Gasteiger partial charge < -0.3 is 20.3 Å². The summed E-state index contributed by atoms with van der Waals surface area (Å²) in [6.45, 7) is 0. The van der Waals surface area contributed by atoms with E-state index in [4.69, 9.17) is 15.2 Å². The number of nitrogens with two attached hydrogens (primary N) is 1. The topological polar surface area (TPSA) is 94.7 Å². The highest BCUT2D eigenvalue weighted by molar-refractivity contribution is 9.10. The number of ether oxygens (including phenoxy) is 2. The molecule has 0 radical (unpaired) electrons. The average Bonchev–Trinajstić information content (AvgIpc) is 2.80. The standard InChI is InChI=1S/C12H11BrN2O4S/c1-18-7-3-5(6(13)4-8(7)19-2)10-9(11(16)17)15-12(14)20-10/h3-4H,1-2H3,(H2,14,15)(H,16,17). The number of nitrogen functional groups attached to an aromatic ring is 1. The molecule has 0 spiro atoms. The van der Waals surface area contributed by atoms with Crippen molar-refractivity contribution in [3.8, 4) is 21.9 Å². The van der Waals surface area contributed by atoms with Crippen molar-refractivity contribution in [3.05, 3.63) is 22.3 Å². The molecule has 20 heavy (non-hydrogen) atoms. The number of benzene rings is 1. The second-order valence-electron chi connectivity index (χ2n) is 3.72. The number of anilines is 1. The molecule has 0 bridgehead atoms. The summed E-state index contributed by atoms with van der Waals surface area (Å²) in [5, 5.41) is 9.37. The van der Waals surface area contributed by atoms with Crippen LogP contribution >= 0.6 is 27.3 Å². The van der Waals surface area contributed by atoms with Crippen molar-refractivity contribution >= 4 is 38.4 Å². The van der Waals surface area contributed by atoms with Crippen LogP contribution in [0.5, 0.6) is 11.5 Å². The van der Waals surface area contributed by atoms with Crippen molar-refractivity contribution in [1.29, 1.82) is 0 Å². The molecule has 3 N–H and O–H groups in total. The molecule has 2 aromatic rings. The van der Waals surface area contributed by atoms with Crippen LogP contribution in [0.3, 0.4) is 0 Å². The van der Waals surface area contributed by atoms with E-state index in [1.807, 2.05) is 0 Å². The minimum atomic E-state index is -1.13. The highest BCUT2D eigenvalue weighted by Gasteiger charge is 2.21. The Labute approximate surface area is 127 Å². The molecular formula is C12H11BrN2O4S. The predicted molar refractivity (Wildman–Crippen MR) is 79.7 cm³/mol. The van der Waals surface area contributed by atoms with Gasteiger partial charge in [-0.1, -0.05) is 11.3 Å². The smallest absolute Gasteiger partial charge is 0.356 e. The van der Waals surface area contributed by atoms with Gasteiger partial charge in [-0.15, -0.1) is 0 Å². The van der Waals surface area contributed by atoms with Gasteiger partial charge in [0, 0.05) is 10.0 Å². The van der Waals surface area contributed by atoms with E-state index in [0.717, 1.165) is 11.3 Å². The van der Waals surface area contributed by atoms with Gasteiger partial charge in [0.05, 0.1) is 19.1 Å². The molecule has 0 aliphatic rings. The van der Waals surface area contributed by atoms with E-state index in [0.29, 0.717) is 26.4 Å². The van der Waals surface area contributed by atoms with Gasteiger partial charge in [-0.3, -0.25) is 0 Å². The predicted octanol–water partition coefficient (Wildman–Crippen LogP) is 2.87. The summed E-state index contributed by atoms with van der Waals surface area (Å²) in [5.74, 6) is -0.0962. The molecule has 1 heterocycles. The third kappa shape index (κ3) is 2.56. The van der Waals surface area contributed by atoms with E-state index in [1.165, 1.54) is 14.2 Å². The molecule has 2 rings (SSSR count). The summed E-state index contributed by atoms with van der Waals surface area (Å²) < 4.78 is 11.1. The molecule has 0 aliphatic heterocycles. The van der Waals surface area contributed by atoms with Crippen LogP contribution in [-0.4, -0.2) is 30.3 Å². The Bertz CT molecular complexity index is 672. The number of nitrogens with zero attached hydrogens (tertiary/aromatic N) is 1. The van der Waals surface area contributed by atoms with Gasteiger partial charge in [-0.05, 0) is 28.1 Å². The first-order valence-corrected chi connectivity index (χ1v) is 7.00. The van der Waals surface area contributed by atoms with Gasteiger partial charge in [-0.25, -0.2) is 9.78 Å². The van der Waals surface area contributed by atoms with Gasteiger partial charge in [0.15, 0.2) is 22.3 Å². The zero-order valence-electron chi connectivity index (χ0n) is 10.6. The molecule has 106 valence electrons. The van der Waals surface area contributed by atoms with E-state index in [2.05, 4.69) is 20.9 Å². The lowest BCUT2D eigenvalue weighted by molar-refractivity contribution is 0.0692. The fraction of sp³-hybridized carbons (Fsp3) is 0.167. The summed E-state index contributed by atoms with van der Waals surface area (Å²) in [5.41, 5.74) is 6.15. The van der Waals surface area contributed by atoms with Crippen LogP contribution in [0.1, 0.15) is 10.5 Å². The van der Waals surface area contributed by atoms with E-state index >= 15 is 0 Å². The Kier molecular flexibility index (Phi) is 4.15. The lowest BCUT2D eigenvalue weighted by Gasteiger charge is -2.11. The molecule has 0 unspecified atom stereocenters. The van der Waals surface area contributed by atoms with Crippen molar-refractivity contribution in [1.82, 2.24) is 4.98 Å². The van der Waals surface area contributed by atoms with Crippen molar-refractivity contribution in [2.75, 3.05) is 20.0 Å². The van der Waals surface area contributed by atoms with Crippen molar-refractivity contribution in [2.45, 2.75) is 0 Å². The third-order valence-corrected chi connectivity index (χ3v) is 4.14. The highest BCUT2D eigenvalue weighted by atomic mass is 79.9. The van der Waals surface area contributed by atoms with Crippen molar-refractivity contribution in [3.63, 3.8) is 0 Å². The monoisotopic (exact) mass is 358 g/mol. The quantitative estimate of drug-likeness (QED) is 0.872. The van der Waals surface area contributed by atoms with Crippen LogP contribution in [0.2, 0.25) is 0 Å². The zero-order valence-corrected chi connectivity index (χ0v) is 13.0. The third-order valence-electron chi connectivity index (χ3n) is 2.56. The number of thiazole rings is 1. The van der Waals surface area contributed by atoms with Crippen LogP contribution in [0.15, 0.2) is 16.6 Å². The van der Waals surface area contributed by atoms with E-state index in [-0.39, 0.29) is 10.8 Å². The largest absolute Gasteiger partial charge is 0.493 e. The van der Waals surface area contributed by atoms with Gasteiger partial charge in [-0.2, -0.15) is 0 Å². The first-order valence-electron chi connectivity index (χ1n) is 5.39. The van der Waals surface area contributed by atoms with E-state index in [9.17, 15) is 9.90 Å². The molecule has 0 saturated heterocycles. The number of hydrogen-bond acceptors (Lipinski definition) is 6. The van der Waals surface area contributed by atoms with Gasteiger partial charge in [0.25, 0.3) is 0 Å². The second kappa shape index (κ2) is 5.68. The van der Waals surface area contributed by atoms with Crippen LogP contribution < -0.4 is 15.2 Å². The summed E-state index contributed by atoms with van der Waals surface area (Å²) in [6.07, 6.45) is 0. The fourth-order valence-electron chi connectivity index (χ4n) is 1.69. The van der Waals surface area contributed by atoms with Gasteiger partial charge >= 0.3 is 5.97 Å². The number of carbonyl (C=O) groups is 1. The number of carboxylic acid groups (broad SMARTS) is 1. The molecule has 8 heteroatoms. The number of hydrogen-bond donors (Lipinski definition) is 2. The Morgan fingerprint density at radius 2 is 1.95 bits per heavy atom. The molecule has 0 amide bonds. The summed E-state index contributed by atoms with van der Waals surface area (Å²) in [6, 6.07) is 3.39. The van der Waals surface area contributed by atoms with E-state index in [1.54, 1.807) is 12.1 Å². The second-order valence-corrected chi connectivity index (χ2v) is 5.61. The van der Waals surface area contributed by atoms with Crippen LogP contribution in [0.4, 0.5) is 5.13 Å². The molecule has 0 saturated carbocycles. The Morgan fingerprint density at radius 1 is 1.35 bits per heavy atom. The van der Waals surface area contributed by atoms with E-state index < -0.39 is 5.97 Å². The lowest BCUT2D eigenvalue weighted by atomic mass is 10.1. The molecule has 1 aromatic heterocycles. The average molecular weight is 359 g/mol. The summed E-state index contributed by atoms with van der Waals surface area (Å²) >= 11 is 4.49. The molecule has 6 nitrogen and oxygen atoms in total. The SMILES string of the molecule is COc1cc(Br)c(-c2sc(N)nc2C(=O)O)cc1OC. The highest BCUT2D eigenvalue weighted by Crippen LogP contribution is 2.42. The Balaban J connectivity index is 2.66. The summed E-state index contributed by atoms with van der Waals surface area (Å²) in [7, 11) is 3.03. The number of aromatic carboxylic acids is 1. The molecule has 0 aliphatic carbocycles. The van der Waals surface area contributed by atoms with Crippen LogP contribution in [0.25, 0.3) is 10.4 Å². The maximum Gasteiger partial charge on any atom is 0.356 e. The minimum absolute atomic E-state index is 0.0829. The molecule has 0 atom stereocenters. The Hall–Kier alpha value is -1.80. The first-order chi connectivity index (χ1) is 9.47. The maximum absolute atomic E-state index is 11.2. The number of methoxy groups -OCH3 is 2. The Morgan fingerprint density at radius 3 is 2.50 bits per heavy atom. The van der Waals surface area contributed by atoms with Crippen molar-refractivity contribution in [2.24, 2.45) is 0 Å².